The minimum absolute atomic E-state index is 0.217. The molecule has 0 aliphatic rings. The first-order valence-corrected chi connectivity index (χ1v) is 6.45. The van der Waals surface area contributed by atoms with Gasteiger partial charge in [0.15, 0.2) is 0 Å². The number of hydrogen-bond donors (Lipinski definition) is 4. The first kappa shape index (κ1) is 13.7. The topological polar surface area (TPSA) is 139 Å². The number of aromatic nitrogens is 6. The molecule has 3 aromatic rings. The highest BCUT2D eigenvalue weighted by atomic mass is 16.3. The summed E-state index contributed by atoms with van der Waals surface area (Å²) in [5, 5.41) is 34.8. The van der Waals surface area contributed by atoms with Crippen LogP contribution < -0.4 is 5.32 Å². The average Bonchev–Trinajstić information content (AvgIpc) is 3.16. The molecule has 3 rings (SSSR count). The van der Waals surface area contributed by atoms with E-state index in [1.807, 2.05) is 24.3 Å². The summed E-state index contributed by atoms with van der Waals surface area (Å²) in [5.74, 6) is 0.723. The van der Waals surface area contributed by atoms with Crippen LogP contribution in [0.25, 0.3) is 16.6 Å². The Balaban J connectivity index is 1.86. The Morgan fingerprint density at radius 2 is 2.36 bits per heavy atom. The lowest BCUT2D eigenvalue weighted by Gasteiger charge is -2.00. The molecular formula is C13H12N8O. The number of tetrazole rings is 1. The Bertz CT molecular complexity index is 856. The molecule has 0 amide bonds. The van der Waals surface area contributed by atoms with E-state index in [4.69, 9.17) is 5.26 Å². The number of nitriles is 1. The highest BCUT2D eigenvalue weighted by Crippen LogP contribution is 2.20. The molecule has 110 valence electrons. The Morgan fingerprint density at radius 3 is 3.05 bits per heavy atom. The van der Waals surface area contributed by atoms with E-state index in [-0.39, 0.29) is 11.4 Å². The Kier molecular flexibility index (Phi) is 3.51. The van der Waals surface area contributed by atoms with Gasteiger partial charge in [-0.3, -0.25) is 0 Å². The third-order valence-corrected chi connectivity index (χ3v) is 2.99. The van der Waals surface area contributed by atoms with E-state index >= 15 is 0 Å². The van der Waals surface area contributed by atoms with E-state index in [1.54, 1.807) is 6.92 Å². The predicted octanol–water partition coefficient (Wildman–Crippen LogP) is 1.11. The summed E-state index contributed by atoms with van der Waals surface area (Å²) in [6.45, 7) is 1.64. The van der Waals surface area contributed by atoms with E-state index < -0.39 is 6.10 Å². The lowest BCUT2D eigenvalue weighted by molar-refractivity contribution is 0.190. The third-order valence-electron chi connectivity index (χ3n) is 2.99. The van der Waals surface area contributed by atoms with Crippen LogP contribution in [0, 0.1) is 11.3 Å². The first-order valence-electron chi connectivity index (χ1n) is 6.45. The molecule has 9 heteroatoms. The second kappa shape index (κ2) is 5.63. The molecule has 1 unspecified atom stereocenters. The molecule has 0 aliphatic carbocycles. The molecule has 9 nitrogen and oxygen atoms in total. The molecule has 0 bridgehead atoms. The van der Waals surface area contributed by atoms with E-state index in [9.17, 15) is 5.11 Å². The van der Waals surface area contributed by atoms with Gasteiger partial charge in [-0.2, -0.15) is 10.5 Å². The lowest BCUT2D eigenvalue weighted by Crippen LogP contribution is -1.93. The third kappa shape index (κ3) is 2.63. The summed E-state index contributed by atoms with van der Waals surface area (Å²) < 4.78 is 0. The number of H-pyrrole nitrogens is 2. The maximum absolute atomic E-state index is 9.53. The van der Waals surface area contributed by atoms with Crippen molar-refractivity contribution < 1.29 is 5.11 Å². The van der Waals surface area contributed by atoms with Gasteiger partial charge in [0, 0.05) is 11.9 Å². The predicted molar refractivity (Wildman–Crippen MR) is 78.1 cm³/mol. The lowest BCUT2D eigenvalue weighted by atomic mass is 10.2. The van der Waals surface area contributed by atoms with Gasteiger partial charge in [0.05, 0.1) is 11.0 Å². The number of rotatable bonds is 4. The SMILES string of the molecule is CC(O)c1nc2ccc(NC=C(C#N)c3nn[nH]n3)cc2[nH]1. The molecule has 0 saturated heterocycles. The van der Waals surface area contributed by atoms with Gasteiger partial charge in [0.1, 0.15) is 23.6 Å². The standard InChI is InChI=1S/C13H12N8O/c1-7(22)12-16-10-3-2-9(4-11(10)17-12)15-6-8(5-14)13-18-20-21-19-13/h2-4,6-7,15,22H,1H3,(H,16,17)(H,18,19,20,21). The van der Waals surface area contributed by atoms with Gasteiger partial charge in [0.25, 0.3) is 0 Å². The van der Waals surface area contributed by atoms with Crippen molar-refractivity contribution in [3.8, 4) is 6.07 Å². The van der Waals surface area contributed by atoms with Crippen molar-refractivity contribution in [2.45, 2.75) is 13.0 Å². The summed E-state index contributed by atoms with van der Waals surface area (Å²) in [6.07, 6.45) is 0.838. The monoisotopic (exact) mass is 296 g/mol. The largest absolute Gasteiger partial charge is 0.385 e. The van der Waals surface area contributed by atoms with Crippen molar-refractivity contribution in [2.75, 3.05) is 5.32 Å². The van der Waals surface area contributed by atoms with E-state index in [1.165, 1.54) is 6.20 Å². The second-order valence-electron chi connectivity index (χ2n) is 4.58. The van der Waals surface area contributed by atoms with Crippen molar-refractivity contribution in [2.24, 2.45) is 0 Å². The van der Waals surface area contributed by atoms with Crippen molar-refractivity contribution >= 4 is 22.3 Å². The van der Waals surface area contributed by atoms with Crippen LogP contribution in [0.15, 0.2) is 24.4 Å². The number of hydrogen-bond acceptors (Lipinski definition) is 7. The van der Waals surface area contributed by atoms with Crippen LogP contribution in [0.3, 0.4) is 0 Å². The van der Waals surface area contributed by atoms with Crippen LogP contribution in [-0.2, 0) is 0 Å². The Hall–Kier alpha value is -3.25. The van der Waals surface area contributed by atoms with Gasteiger partial charge >= 0.3 is 0 Å². The highest BCUT2D eigenvalue weighted by molar-refractivity contribution is 5.81. The van der Waals surface area contributed by atoms with E-state index in [2.05, 4.69) is 35.9 Å². The zero-order chi connectivity index (χ0) is 15.5. The second-order valence-corrected chi connectivity index (χ2v) is 4.58. The molecule has 0 saturated carbocycles. The van der Waals surface area contributed by atoms with Crippen LogP contribution >= 0.6 is 0 Å². The smallest absolute Gasteiger partial charge is 0.216 e. The zero-order valence-corrected chi connectivity index (χ0v) is 11.6. The normalized spacial score (nSPS) is 13.0. The van der Waals surface area contributed by atoms with Crippen LogP contribution in [0.2, 0.25) is 0 Å². The summed E-state index contributed by atoms with van der Waals surface area (Å²) >= 11 is 0. The van der Waals surface area contributed by atoms with Crippen LogP contribution in [0.5, 0.6) is 0 Å². The molecule has 22 heavy (non-hydrogen) atoms. The molecule has 0 fully saturated rings. The van der Waals surface area contributed by atoms with Crippen LogP contribution in [0.4, 0.5) is 5.69 Å². The highest BCUT2D eigenvalue weighted by Gasteiger charge is 2.08. The molecule has 1 aromatic carbocycles. The summed E-state index contributed by atoms with van der Waals surface area (Å²) in [6, 6.07) is 7.45. The average molecular weight is 296 g/mol. The van der Waals surface area contributed by atoms with Crippen molar-refractivity contribution in [3.05, 3.63) is 36.0 Å². The molecule has 0 aliphatic heterocycles. The van der Waals surface area contributed by atoms with Crippen LogP contribution in [0.1, 0.15) is 24.7 Å². The van der Waals surface area contributed by atoms with Crippen molar-refractivity contribution in [1.82, 2.24) is 30.6 Å². The number of nitrogens with one attached hydrogen (secondary N) is 3. The van der Waals surface area contributed by atoms with E-state index in [0.29, 0.717) is 5.82 Å². The van der Waals surface area contributed by atoms with Crippen LogP contribution in [-0.4, -0.2) is 35.7 Å². The van der Waals surface area contributed by atoms with Crippen molar-refractivity contribution in [3.63, 3.8) is 0 Å². The molecule has 1 atom stereocenters. The number of allylic oxidation sites excluding steroid dienone is 1. The number of nitrogens with zero attached hydrogens (tertiary/aromatic N) is 5. The number of aliphatic hydroxyl groups is 1. The number of aromatic amines is 2. The summed E-state index contributed by atoms with van der Waals surface area (Å²) in [7, 11) is 0. The van der Waals surface area contributed by atoms with E-state index in [0.717, 1.165) is 16.7 Å². The molecule has 0 radical (unpaired) electrons. The van der Waals surface area contributed by atoms with Gasteiger partial charge in [-0.05, 0) is 30.3 Å². The minimum atomic E-state index is -0.660. The number of fused-ring (bicyclic) bond motifs is 1. The van der Waals surface area contributed by atoms with Gasteiger partial charge in [-0.25, -0.2) is 4.98 Å². The number of benzene rings is 1. The molecule has 0 spiro atoms. The maximum atomic E-state index is 9.53. The van der Waals surface area contributed by atoms with Gasteiger partial charge in [0.2, 0.25) is 5.82 Å². The van der Waals surface area contributed by atoms with Gasteiger partial charge < -0.3 is 15.4 Å². The summed E-state index contributed by atoms with van der Waals surface area (Å²) in [4.78, 5) is 7.31. The molecule has 2 aromatic heterocycles. The Morgan fingerprint density at radius 1 is 1.50 bits per heavy atom. The zero-order valence-electron chi connectivity index (χ0n) is 11.6. The quantitative estimate of drug-likeness (QED) is 0.528. The molecule has 2 heterocycles. The fourth-order valence-corrected chi connectivity index (χ4v) is 1.90. The molecule has 4 N–H and O–H groups in total. The fraction of sp³-hybridized carbons (Fsp3) is 0.154. The number of imidazole rings is 1. The number of anilines is 1. The summed E-state index contributed by atoms with van der Waals surface area (Å²) in [5.41, 5.74) is 2.55. The van der Waals surface area contributed by atoms with Gasteiger partial charge in [-0.15, -0.1) is 10.2 Å². The van der Waals surface area contributed by atoms with Gasteiger partial charge in [-0.1, -0.05) is 0 Å². The number of aliphatic hydroxyl groups excluding tert-OH is 1. The molecular weight excluding hydrogens is 284 g/mol. The van der Waals surface area contributed by atoms with Crippen molar-refractivity contribution in [1.29, 1.82) is 5.26 Å². The first-order chi connectivity index (χ1) is 10.7. The fourth-order valence-electron chi connectivity index (χ4n) is 1.90. The minimum Gasteiger partial charge on any atom is -0.385 e. The Labute approximate surface area is 124 Å². The maximum Gasteiger partial charge on any atom is 0.216 e.